The summed E-state index contributed by atoms with van der Waals surface area (Å²) in [6, 6.07) is 64.0. The van der Waals surface area contributed by atoms with E-state index in [1.807, 2.05) is 30.3 Å². The standard InChI is InChI=1S/C48H30N2O/c1-2-10-31(11-3-1)32-18-20-34(21-19-32)43-30-44(46-29-38-14-6-9-17-45(38)51-46)50-48(49-43)36-24-22-35(23-25-36)47-40-16-8-5-13-37(40)28-42-39-15-7-4-12-33(39)26-27-41(42)47/h1-30H. The highest BCUT2D eigenvalue weighted by atomic mass is 16.3. The van der Waals surface area contributed by atoms with Gasteiger partial charge in [-0.1, -0.05) is 158 Å². The number of para-hydroxylation sites is 1. The molecule has 0 bridgehead atoms. The molecule has 2 aromatic heterocycles. The molecule has 8 aromatic carbocycles. The molecule has 0 aliphatic carbocycles. The predicted molar refractivity (Wildman–Crippen MR) is 212 cm³/mol. The van der Waals surface area contributed by atoms with Crippen molar-refractivity contribution in [3.05, 3.63) is 182 Å². The van der Waals surface area contributed by atoms with Crippen LogP contribution in [0.3, 0.4) is 0 Å². The van der Waals surface area contributed by atoms with Crippen LogP contribution in [-0.4, -0.2) is 9.97 Å². The molecule has 2 heterocycles. The minimum Gasteiger partial charge on any atom is -0.454 e. The zero-order valence-corrected chi connectivity index (χ0v) is 27.6. The zero-order valence-electron chi connectivity index (χ0n) is 27.6. The monoisotopic (exact) mass is 650 g/mol. The van der Waals surface area contributed by atoms with Crippen LogP contribution < -0.4 is 0 Å². The molecule has 0 unspecified atom stereocenters. The summed E-state index contributed by atoms with van der Waals surface area (Å²) in [6.07, 6.45) is 0. The smallest absolute Gasteiger partial charge is 0.160 e. The third-order valence-corrected chi connectivity index (χ3v) is 9.89. The number of fused-ring (bicyclic) bond motifs is 5. The largest absolute Gasteiger partial charge is 0.454 e. The summed E-state index contributed by atoms with van der Waals surface area (Å²) < 4.78 is 6.31. The Labute approximate surface area is 295 Å². The average molecular weight is 651 g/mol. The van der Waals surface area contributed by atoms with Crippen LogP contribution >= 0.6 is 0 Å². The summed E-state index contributed by atoms with van der Waals surface area (Å²) in [5.41, 5.74) is 9.10. The van der Waals surface area contributed by atoms with Crippen molar-refractivity contribution >= 4 is 43.3 Å². The molecule has 10 rings (SSSR count). The van der Waals surface area contributed by atoms with E-state index in [9.17, 15) is 0 Å². The normalized spacial score (nSPS) is 11.5. The quantitative estimate of drug-likeness (QED) is 0.137. The highest BCUT2D eigenvalue weighted by Gasteiger charge is 2.16. The number of hydrogen-bond acceptors (Lipinski definition) is 3. The molecule has 0 aliphatic heterocycles. The number of aromatic nitrogens is 2. The molecule has 0 saturated heterocycles. The molecule has 0 spiro atoms. The van der Waals surface area contributed by atoms with E-state index in [2.05, 4.69) is 152 Å². The minimum atomic E-state index is 0.649. The van der Waals surface area contributed by atoms with E-state index in [4.69, 9.17) is 14.4 Å². The minimum absolute atomic E-state index is 0.649. The molecule has 238 valence electrons. The zero-order chi connectivity index (χ0) is 33.7. The van der Waals surface area contributed by atoms with E-state index in [0.717, 1.165) is 44.6 Å². The van der Waals surface area contributed by atoms with Crippen molar-refractivity contribution in [1.29, 1.82) is 0 Å². The first-order chi connectivity index (χ1) is 25.2. The highest BCUT2D eigenvalue weighted by Crippen LogP contribution is 2.40. The summed E-state index contributed by atoms with van der Waals surface area (Å²) in [6.45, 7) is 0. The molecule has 10 aromatic rings. The van der Waals surface area contributed by atoms with Gasteiger partial charge < -0.3 is 4.42 Å². The van der Waals surface area contributed by atoms with Gasteiger partial charge in [0.1, 0.15) is 11.3 Å². The van der Waals surface area contributed by atoms with Gasteiger partial charge >= 0.3 is 0 Å². The van der Waals surface area contributed by atoms with E-state index in [0.29, 0.717) is 11.6 Å². The van der Waals surface area contributed by atoms with Gasteiger partial charge in [-0.2, -0.15) is 0 Å². The van der Waals surface area contributed by atoms with Gasteiger partial charge in [-0.25, -0.2) is 9.97 Å². The van der Waals surface area contributed by atoms with Crippen LogP contribution in [0.4, 0.5) is 0 Å². The Morgan fingerprint density at radius 2 is 0.941 bits per heavy atom. The fourth-order valence-corrected chi connectivity index (χ4v) is 7.34. The number of furan rings is 1. The highest BCUT2D eigenvalue weighted by molar-refractivity contribution is 6.20. The SMILES string of the molecule is c1ccc(-c2ccc(-c3cc(-c4cc5ccccc5o4)nc(-c4ccc(-c5c6ccccc6cc6c5ccc5ccccc56)cc4)n3)cc2)cc1. The molecule has 3 heteroatoms. The third kappa shape index (κ3) is 5.15. The Bertz CT molecular complexity index is 2860. The number of rotatable bonds is 5. The summed E-state index contributed by atoms with van der Waals surface area (Å²) in [5, 5.41) is 8.51. The van der Waals surface area contributed by atoms with Crippen molar-refractivity contribution in [2.24, 2.45) is 0 Å². The second-order valence-corrected chi connectivity index (χ2v) is 13.0. The number of benzene rings is 8. The Kier molecular flexibility index (Phi) is 6.81. The summed E-state index contributed by atoms with van der Waals surface area (Å²) in [5.74, 6) is 1.36. The van der Waals surface area contributed by atoms with Gasteiger partial charge in [0.15, 0.2) is 11.6 Å². The molecule has 51 heavy (non-hydrogen) atoms. The van der Waals surface area contributed by atoms with Crippen LogP contribution in [0.15, 0.2) is 186 Å². The Hall–Kier alpha value is -6.84. The predicted octanol–water partition coefficient (Wildman–Crippen LogP) is 13.0. The topological polar surface area (TPSA) is 38.9 Å². The lowest BCUT2D eigenvalue weighted by Gasteiger charge is -2.14. The van der Waals surface area contributed by atoms with Crippen LogP contribution in [0, 0.1) is 0 Å². The first-order valence-electron chi connectivity index (χ1n) is 17.2. The van der Waals surface area contributed by atoms with Gasteiger partial charge in [0.25, 0.3) is 0 Å². The summed E-state index contributed by atoms with van der Waals surface area (Å²) >= 11 is 0. The maximum absolute atomic E-state index is 6.31. The average Bonchev–Trinajstić information content (AvgIpc) is 3.65. The Balaban J connectivity index is 1.11. The lowest BCUT2D eigenvalue weighted by molar-refractivity contribution is 0.628. The van der Waals surface area contributed by atoms with Crippen molar-refractivity contribution < 1.29 is 4.42 Å². The Morgan fingerprint density at radius 1 is 0.333 bits per heavy atom. The molecular formula is C48H30N2O. The maximum Gasteiger partial charge on any atom is 0.160 e. The Morgan fingerprint density at radius 3 is 1.75 bits per heavy atom. The lowest BCUT2D eigenvalue weighted by Crippen LogP contribution is -1.95. The lowest BCUT2D eigenvalue weighted by atomic mass is 9.89. The molecule has 0 aliphatic rings. The fraction of sp³-hybridized carbons (Fsp3) is 0. The third-order valence-electron chi connectivity index (χ3n) is 9.89. The van der Waals surface area contributed by atoms with Gasteiger partial charge in [0.05, 0.1) is 5.69 Å². The first kappa shape index (κ1) is 29.1. The molecule has 0 N–H and O–H groups in total. The van der Waals surface area contributed by atoms with Gasteiger partial charge in [-0.15, -0.1) is 0 Å². The van der Waals surface area contributed by atoms with Crippen LogP contribution in [0.5, 0.6) is 0 Å². The molecule has 3 nitrogen and oxygen atoms in total. The molecule has 0 radical (unpaired) electrons. The fourth-order valence-electron chi connectivity index (χ4n) is 7.34. The van der Waals surface area contributed by atoms with Crippen LogP contribution in [-0.2, 0) is 0 Å². The number of nitrogens with zero attached hydrogens (tertiary/aromatic N) is 2. The van der Waals surface area contributed by atoms with Crippen molar-refractivity contribution in [3.8, 4) is 56.4 Å². The van der Waals surface area contributed by atoms with Crippen molar-refractivity contribution in [2.45, 2.75) is 0 Å². The van der Waals surface area contributed by atoms with Crippen molar-refractivity contribution in [3.63, 3.8) is 0 Å². The van der Waals surface area contributed by atoms with E-state index in [1.165, 1.54) is 43.4 Å². The van der Waals surface area contributed by atoms with E-state index in [-0.39, 0.29) is 0 Å². The summed E-state index contributed by atoms with van der Waals surface area (Å²) in [7, 11) is 0. The van der Waals surface area contributed by atoms with Gasteiger partial charge in [-0.05, 0) is 78.8 Å². The van der Waals surface area contributed by atoms with Gasteiger partial charge in [0, 0.05) is 16.5 Å². The molecule has 0 fully saturated rings. The second-order valence-electron chi connectivity index (χ2n) is 13.0. The van der Waals surface area contributed by atoms with Gasteiger partial charge in [-0.3, -0.25) is 0 Å². The van der Waals surface area contributed by atoms with Crippen LogP contribution in [0.1, 0.15) is 0 Å². The van der Waals surface area contributed by atoms with Crippen LogP contribution in [0.2, 0.25) is 0 Å². The van der Waals surface area contributed by atoms with E-state index < -0.39 is 0 Å². The van der Waals surface area contributed by atoms with E-state index in [1.54, 1.807) is 0 Å². The second kappa shape index (κ2) is 11.9. The summed E-state index contributed by atoms with van der Waals surface area (Å²) in [4.78, 5) is 10.2. The first-order valence-corrected chi connectivity index (χ1v) is 17.2. The van der Waals surface area contributed by atoms with Crippen molar-refractivity contribution in [2.75, 3.05) is 0 Å². The molecule has 0 atom stereocenters. The van der Waals surface area contributed by atoms with Crippen molar-refractivity contribution in [1.82, 2.24) is 9.97 Å². The maximum atomic E-state index is 6.31. The van der Waals surface area contributed by atoms with Crippen LogP contribution in [0.25, 0.3) is 99.6 Å². The number of hydrogen-bond donors (Lipinski definition) is 0. The molecular weight excluding hydrogens is 621 g/mol. The molecule has 0 saturated carbocycles. The molecule has 0 amide bonds. The van der Waals surface area contributed by atoms with E-state index >= 15 is 0 Å². The van der Waals surface area contributed by atoms with Gasteiger partial charge in [0.2, 0.25) is 0 Å².